The van der Waals surface area contributed by atoms with Crippen LogP contribution in [0.4, 0.5) is 5.69 Å². The van der Waals surface area contributed by atoms with E-state index in [9.17, 15) is 14.4 Å². The molecule has 0 saturated carbocycles. The largest absolute Gasteiger partial charge is 0.494 e. The number of nitrogens with zero attached hydrogens (tertiary/aromatic N) is 1. The van der Waals surface area contributed by atoms with Crippen LogP contribution >= 0.6 is 0 Å². The summed E-state index contributed by atoms with van der Waals surface area (Å²) in [5.41, 5.74) is 2.57. The molecule has 166 valence electrons. The number of allylic oxidation sites excluding steroid dienone is 1. The van der Waals surface area contributed by atoms with Crippen molar-refractivity contribution in [2.75, 3.05) is 25.2 Å². The molecule has 0 N–H and O–H groups in total. The molecule has 7 nitrogen and oxygen atoms in total. The number of amides is 1. The predicted octanol–water partition coefficient (Wildman–Crippen LogP) is 4.14. The van der Waals surface area contributed by atoms with Crippen LogP contribution in [0.5, 0.6) is 5.75 Å². The Kier molecular flexibility index (Phi) is 7.10. The second kappa shape index (κ2) is 9.96. The summed E-state index contributed by atoms with van der Waals surface area (Å²) in [6.07, 6.45) is 1.62. The first-order valence-electron chi connectivity index (χ1n) is 10.3. The molecule has 0 fully saturated rings. The minimum absolute atomic E-state index is 0.188. The lowest BCUT2D eigenvalue weighted by Gasteiger charge is -2.18. The van der Waals surface area contributed by atoms with Gasteiger partial charge in [-0.05, 0) is 68.8 Å². The van der Waals surface area contributed by atoms with Gasteiger partial charge in [0.25, 0.3) is 5.91 Å². The maximum Gasteiger partial charge on any atom is 0.340 e. The van der Waals surface area contributed by atoms with Crippen molar-refractivity contribution >= 4 is 29.6 Å². The van der Waals surface area contributed by atoms with Crippen LogP contribution in [-0.4, -0.2) is 38.2 Å². The van der Waals surface area contributed by atoms with Gasteiger partial charge in [0.2, 0.25) is 0 Å². The topological polar surface area (TPSA) is 82.1 Å². The SMILES string of the molecule is CCOC(=O)C1=C(C)N(c2ccc(OCC)cc2)C(=O)/C1=C\c1ccc(C(=O)OC)cc1. The fourth-order valence-corrected chi connectivity index (χ4v) is 3.45. The number of anilines is 1. The second-order valence-electron chi connectivity index (χ2n) is 6.92. The number of carbonyl (C=O) groups is 3. The lowest BCUT2D eigenvalue weighted by molar-refractivity contribution is -0.138. The van der Waals surface area contributed by atoms with Gasteiger partial charge in [0.1, 0.15) is 5.75 Å². The molecule has 1 amide bonds. The van der Waals surface area contributed by atoms with Crippen LogP contribution in [-0.2, 0) is 19.1 Å². The molecular weight excluding hydrogens is 410 g/mol. The van der Waals surface area contributed by atoms with Crippen LogP contribution in [0.2, 0.25) is 0 Å². The zero-order valence-electron chi connectivity index (χ0n) is 18.5. The van der Waals surface area contributed by atoms with E-state index in [-0.39, 0.29) is 23.7 Å². The highest BCUT2D eigenvalue weighted by Gasteiger charge is 2.38. The molecule has 1 aliphatic heterocycles. The molecule has 0 radical (unpaired) electrons. The van der Waals surface area contributed by atoms with E-state index >= 15 is 0 Å². The van der Waals surface area contributed by atoms with Gasteiger partial charge < -0.3 is 14.2 Å². The van der Waals surface area contributed by atoms with Crippen molar-refractivity contribution in [3.8, 4) is 5.75 Å². The van der Waals surface area contributed by atoms with Crippen molar-refractivity contribution in [1.82, 2.24) is 0 Å². The van der Waals surface area contributed by atoms with Crippen LogP contribution in [0.25, 0.3) is 6.08 Å². The first-order valence-corrected chi connectivity index (χ1v) is 10.3. The number of benzene rings is 2. The van der Waals surface area contributed by atoms with E-state index in [4.69, 9.17) is 14.2 Å². The lowest BCUT2D eigenvalue weighted by atomic mass is 10.0. The number of rotatable bonds is 7. The molecule has 0 atom stereocenters. The molecule has 32 heavy (non-hydrogen) atoms. The molecular formula is C25H25NO6. The Hall–Kier alpha value is -3.87. The maximum absolute atomic E-state index is 13.4. The Morgan fingerprint density at radius 3 is 2.16 bits per heavy atom. The average Bonchev–Trinajstić information content (AvgIpc) is 3.04. The van der Waals surface area contributed by atoms with Crippen molar-refractivity contribution < 1.29 is 28.6 Å². The van der Waals surface area contributed by atoms with Crippen molar-refractivity contribution in [2.24, 2.45) is 0 Å². The van der Waals surface area contributed by atoms with Crippen molar-refractivity contribution in [1.29, 1.82) is 0 Å². The maximum atomic E-state index is 13.4. The third-order valence-corrected chi connectivity index (χ3v) is 4.93. The van der Waals surface area contributed by atoms with Crippen LogP contribution in [0.3, 0.4) is 0 Å². The normalized spacial score (nSPS) is 14.7. The van der Waals surface area contributed by atoms with Crippen LogP contribution in [0.1, 0.15) is 36.7 Å². The highest BCUT2D eigenvalue weighted by Crippen LogP contribution is 2.36. The van der Waals surface area contributed by atoms with Crippen LogP contribution in [0.15, 0.2) is 65.4 Å². The second-order valence-corrected chi connectivity index (χ2v) is 6.92. The van der Waals surface area contributed by atoms with Crippen molar-refractivity contribution in [3.63, 3.8) is 0 Å². The first kappa shape index (κ1) is 22.8. The predicted molar refractivity (Wildman–Crippen MR) is 120 cm³/mol. The molecule has 1 heterocycles. The fraction of sp³-hybridized carbons (Fsp3) is 0.240. The summed E-state index contributed by atoms with van der Waals surface area (Å²) < 4.78 is 15.4. The summed E-state index contributed by atoms with van der Waals surface area (Å²) >= 11 is 0. The van der Waals surface area contributed by atoms with Gasteiger partial charge in [-0.3, -0.25) is 9.69 Å². The summed E-state index contributed by atoms with van der Waals surface area (Å²) in [4.78, 5) is 39.2. The quantitative estimate of drug-likeness (QED) is 0.480. The zero-order valence-corrected chi connectivity index (χ0v) is 18.5. The monoisotopic (exact) mass is 435 g/mol. The zero-order chi connectivity index (χ0) is 23.3. The molecule has 0 unspecified atom stereocenters. The standard InChI is InChI=1S/C25H25NO6/c1-5-31-20-13-11-19(12-14-20)26-16(3)22(25(29)32-6-2)21(23(26)27)15-17-7-9-18(10-8-17)24(28)30-4/h7-15H,5-6H2,1-4H3/b21-15-. The van der Waals surface area contributed by atoms with Gasteiger partial charge in [-0.1, -0.05) is 12.1 Å². The van der Waals surface area contributed by atoms with E-state index in [1.807, 2.05) is 6.92 Å². The van der Waals surface area contributed by atoms with E-state index in [0.717, 1.165) is 0 Å². The highest BCUT2D eigenvalue weighted by atomic mass is 16.5. The number of carbonyl (C=O) groups excluding carboxylic acids is 3. The summed E-state index contributed by atoms with van der Waals surface area (Å²) in [6, 6.07) is 13.7. The van der Waals surface area contributed by atoms with Crippen molar-refractivity contribution in [2.45, 2.75) is 20.8 Å². The number of esters is 2. The first-order chi connectivity index (χ1) is 15.4. The van der Waals surface area contributed by atoms with Gasteiger partial charge in [-0.15, -0.1) is 0 Å². The Balaban J connectivity index is 2.02. The van der Waals surface area contributed by atoms with Gasteiger partial charge in [0.15, 0.2) is 0 Å². The minimum Gasteiger partial charge on any atom is -0.494 e. The number of ether oxygens (including phenoxy) is 3. The van der Waals surface area contributed by atoms with E-state index in [1.165, 1.54) is 12.0 Å². The lowest BCUT2D eigenvalue weighted by Crippen LogP contribution is -2.24. The molecule has 0 spiro atoms. The van der Waals surface area contributed by atoms with Gasteiger partial charge in [0, 0.05) is 11.4 Å². The van der Waals surface area contributed by atoms with Crippen LogP contribution in [0, 0.1) is 0 Å². The Morgan fingerprint density at radius 2 is 1.59 bits per heavy atom. The summed E-state index contributed by atoms with van der Waals surface area (Å²) in [7, 11) is 1.31. The number of hydrogen-bond acceptors (Lipinski definition) is 6. The Bertz CT molecular complexity index is 1080. The highest BCUT2D eigenvalue weighted by molar-refractivity contribution is 6.23. The summed E-state index contributed by atoms with van der Waals surface area (Å²) in [6.45, 7) is 6.04. The van der Waals surface area contributed by atoms with E-state index in [1.54, 1.807) is 68.5 Å². The summed E-state index contributed by atoms with van der Waals surface area (Å²) in [5.74, 6) is -0.668. The molecule has 0 saturated heterocycles. The molecule has 2 aromatic rings. The van der Waals surface area contributed by atoms with Gasteiger partial charge in [0.05, 0.1) is 37.0 Å². The number of hydrogen-bond donors (Lipinski definition) is 0. The molecule has 3 rings (SSSR count). The van der Waals surface area contributed by atoms with Gasteiger partial charge in [-0.25, -0.2) is 9.59 Å². The molecule has 2 aromatic carbocycles. The third kappa shape index (κ3) is 4.56. The van der Waals surface area contributed by atoms with E-state index < -0.39 is 11.9 Å². The average molecular weight is 435 g/mol. The van der Waals surface area contributed by atoms with Crippen LogP contribution < -0.4 is 9.64 Å². The smallest absolute Gasteiger partial charge is 0.340 e. The summed E-state index contributed by atoms with van der Waals surface area (Å²) in [5, 5.41) is 0. The van der Waals surface area contributed by atoms with E-state index in [2.05, 4.69) is 0 Å². The Morgan fingerprint density at radius 1 is 0.938 bits per heavy atom. The molecule has 7 heteroatoms. The minimum atomic E-state index is -0.566. The fourth-order valence-electron chi connectivity index (χ4n) is 3.45. The molecule has 0 aromatic heterocycles. The van der Waals surface area contributed by atoms with Crippen molar-refractivity contribution in [3.05, 3.63) is 76.5 Å². The van der Waals surface area contributed by atoms with Gasteiger partial charge in [-0.2, -0.15) is 0 Å². The Labute approximate surface area is 186 Å². The van der Waals surface area contributed by atoms with E-state index in [0.29, 0.717) is 34.9 Å². The molecule has 0 bridgehead atoms. The number of methoxy groups -OCH3 is 1. The third-order valence-electron chi connectivity index (χ3n) is 4.93. The molecule has 0 aliphatic carbocycles. The molecule has 1 aliphatic rings. The van der Waals surface area contributed by atoms with Gasteiger partial charge >= 0.3 is 11.9 Å².